The minimum atomic E-state index is -0.0916. The van der Waals surface area contributed by atoms with E-state index in [-0.39, 0.29) is 24.3 Å². The normalized spacial score (nSPS) is 15.7. The molecule has 4 rings (SSSR count). The van der Waals surface area contributed by atoms with Crippen LogP contribution in [0.15, 0.2) is 53.9 Å². The van der Waals surface area contributed by atoms with Crippen molar-refractivity contribution in [2.45, 2.75) is 19.4 Å². The molecule has 0 saturated carbocycles. The van der Waals surface area contributed by atoms with E-state index in [4.69, 9.17) is 9.47 Å². The number of hydrogen-bond donors (Lipinski definition) is 1. The van der Waals surface area contributed by atoms with E-state index >= 15 is 0 Å². The lowest BCUT2D eigenvalue weighted by Crippen LogP contribution is -2.40. The van der Waals surface area contributed by atoms with Crippen LogP contribution < -0.4 is 14.8 Å². The second-order valence-corrected chi connectivity index (χ2v) is 8.71. The molecule has 2 heterocycles. The van der Waals surface area contributed by atoms with Gasteiger partial charge in [0, 0.05) is 22.7 Å². The second-order valence-electron chi connectivity index (χ2n) is 7.73. The van der Waals surface area contributed by atoms with Crippen LogP contribution in [0.25, 0.3) is 0 Å². The van der Waals surface area contributed by atoms with Crippen LogP contribution in [0.3, 0.4) is 0 Å². The molecule has 1 aromatic heterocycles. The van der Waals surface area contributed by atoms with Gasteiger partial charge in [-0.2, -0.15) is 0 Å². The van der Waals surface area contributed by atoms with E-state index in [1.54, 1.807) is 49.8 Å². The Balaban J connectivity index is 1.58. The van der Waals surface area contributed by atoms with Gasteiger partial charge in [-0.15, -0.1) is 11.3 Å². The highest BCUT2D eigenvalue weighted by molar-refractivity contribution is 7.10. The van der Waals surface area contributed by atoms with E-state index in [0.29, 0.717) is 17.0 Å². The zero-order chi connectivity index (χ0) is 22.7. The van der Waals surface area contributed by atoms with Gasteiger partial charge >= 0.3 is 0 Å². The molecule has 6 nitrogen and oxygen atoms in total. The molecule has 0 bridgehead atoms. The number of ketones is 1. The van der Waals surface area contributed by atoms with E-state index in [1.807, 2.05) is 18.2 Å². The van der Waals surface area contributed by atoms with Gasteiger partial charge in [0.1, 0.15) is 0 Å². The summed E-state index contributed by atoms with van der Waals surface area (Å²) in [7, 11) is 3.28. The lowest BCUT2D eigenvalue weighted by atomic mass is 9.91. The predicted molar refractivity (Wildman–Crippen MR) is 126 cm³/mol. The number of nitrogens with one attached hydrogen (secondary N) is 1. The van der Waals surface area contributed by atoms with Gasteiger partial charge in [0.25, 0.3) is 0 Å². The monoisotopic (exact) mass is 450 g/mol. The van der Waals surface area contributed by atoms with Gasteiger partial charge in [-0.1, -0.05) is 6.07 Å². The molecule has 0 saturated heterocycles. The molecular formula is C25H26N2O4S. The first kappa shape index (κ1) is 22.0. The van der Waals surface area contributed by atoms with Crippen molar-refractivity contribution in [2.24, 2.45) is 0 Å². The van der Waals surface area contributed by atoms with Crippen molar-refractivity contribution in [3.05, 3.63) is 75.5 Å². The first-order valence-electron chi connectivity index (χ1n) is 10.4. The minimum absolute atomic E-state index is 0.000654. The largest absolute Gasteiger partial charge is 0.493 e. The second kappa shape index (κ2) is 9.54. The van der Waals surface area contributed by atoms with Crippen LogP contribution in [0.2, 0.25) is 0 Å². The highest BCUT2D eigenvalue weighted by Gasteiger charge is 2.32. The molecular weight excluding hydrogens is 424 g/mol. The van der Waals surface area contributed by atoms with E-state index in [2.05, 4.69) is 21.7 Å². The number of benzene rings is 2. The molecule has 1 aliphatic heterocycles. The molecule has 166 valence electrons. The number of anilines is 1. The summed E-state index contributed by atoms with van der Waals surface area (Å²) in [5, 5.41) is 5.01. The van der Waals surface area contributed by atoms with E-state index < -0.39 is 0 Å². The fourth-order valence-corrected chi connectivity index (χ4v) is 5.00. The Bertz CT molecular complexity index is 1110. The number of carbonyl (C=O) groups is 2. The van der Waals surface area contributed by atoms with Gasteiger partial charge in [-0.3, -0.25) is 14.5 Å². The molecule has 0 radical (unpaired) electrons. The predicted octanol–water partition coefficient (Wildman–Crippen LogP) is 4.55. The summed E-state index contributed by atoms with van der Waals surface area (Å²) in [6.45, 7) is 2.53. The average Bonchev–Trinajstić information content (AvgIpc) is 3.32. The molecule has 7 heteroatoms. The number of carbonyl (C=O) groups excluding carboxylic acids is 2. The number of nitrogens with zero attached hydrogens (tertiary/aromatic N) is 1. The van der Waals surface area contributed by atoms with Crippen LogP contribution in [0.1, 0.15) is 39.3 Å². The van der Waals surface area contributed by atoms with Crippen molar-refractivity contribution in [1.29, 1.82) is 0 Å². The number of hydrogen-bond acceptors (Lipinski definition) is 6. The lowest BCUT2D eigenvalue weighted by Gasteiger charge is -2.37. The topological polar surface area (TPSA) is 67.9 Å². The molecule has 1 atom stereocenters. The molecule has 1 N–H and O–H groups in total. The third kappa shape index (κ3) is 4.54. The first-order chi connectivity index (χ1) is 15.5. The number of amides is 1. The van der Waals surface area contributed by atoms with Gasteiger partial charge in [-0.25, -0.2) is 0 Å². The quantitative estimate of drug-likeness (QED) is 0.535. The molecule has 0 unspecified atom stereocenters. The van der Waals surface area contributed by atoms with Gasteiger partial charge in [-0.05, 0) is 72.3 Å². The Kier molecular flexibility index (Phi) is 6.58. The maximum Gasteiger partial charge on any atom is 0.238 e. The summed E-state index contributed by atoms with van der Waals surface area (Å²) in [5.41, 5.74) is 3.64. The maximum absolute atomic E-state index is 12.9. The molecule has 0 fully saturated rings. The highest BCUT2D eigenvalue weighted by Crippen LogP contribution is 2.42. The summed E-state index contributed by atoms with van der Waals surface area (Å²) in [4.78, 5) is 27.7. The Morgan fingerprint density at radius 2 is 1.81 bits per heavy atom. The van der Waals surface area contributed by atoms with Crippen molar-refractivity contribution in [2.75, 3.05) is 32.6 Å². The summed E-state index contributed by atoms with van der Waals surface area (Å²) >= 11 is 1.68. The van der Waals surface area contributed by atoms with E-state index in [9.17, 15) is 9.59 Å². The summed E-state index contributed by atoms with van der Waals surface area (Å²) < 4.78 is 11.0. The van der Waals surface area contributed by atoms with E-state index in [1.165, 1.54) is 17.4 Å². The smallest absolute Gasteiger partial charge is 0.238 e. The molecule has 3 aromatic rings. The Labute approximate surface area is 191 Å². The number of fused-ring (bicyclic) bond motifs is 1. The Morgan fingerprint density at radius 1 is 1.09 bits per heavy atom. The summed E-state index contributed by atoms with van der Waals surface area (Å²) in [6.07, 6.45) is 0.818. The van der Waals surface area contributed by atoms with Crippen molar-refractivity contribution in [1.82, 2.24) is 4.90 Å². The maximum atomic E-state index is 12.9. The summed E-state index contributed by atoms with van der Waals surface area (Å²) in [6, 6.07) is 15.1. The molecule has 2 aromatic carbocycles. The number of ether oxygens (including phenoxy) is 2. The van der Waals surface area contributed by atoms with Crippen molar-refractivity contribution in [3.8, 4) is 11.5 Å². The minimum Gasteiger partial charge on any atom is -0.493 e. The number of thiophene rings is 1. The first-order valence-corrected chi connectivity index (χ1v) is 11.3. The highest BCUT2D eigenvalue weighted by atomic mass is 32.1. The van der Waals surface area contributed by atoms with Crippen LogP contribution in [0, 0.1) is 0 Å². The van der Waals surface area contributed by atoms with Gasteiger partial charge < -0.3 is 14.8 Å². The van der Waals surface area contributed by atoms with Crippen molar-refractivity contribution >= 4 is 28.7 Å². The van der Waals surface area contributed by atoms with Crippen LogP contribution in [-0.4, -0.2) is 43.9 Å². The number of Topliss-reactive ketones (excluding diaryl/α,β-unsaturated/α-hetero) is 1. The lowest BCUT2D eigenvalue weighted by molar-refractivity contribution is -0.117. The molecule has 1 aliphatic rings. The Hall–Kier alpha value is -3.16. The molecule has 0 aliphatic carbocycles. The molecule has 1 amide bonds. The average molecular weight is 451 g/mol. The van der Waals surface area contributed by atoms with Crippen molar-refractivity contribution in [3.63, 3.8) is 0 Å². The zero-order valence-corrected chi connectivity index (χ0v) is 19.2. The third-order valence-electron chi connectivity index (χ3n) is 5.71. The van der Waals surface area contributed by atoms with Crippen LogP contribution in [-0.2, 0) is 11.2 Å². The standard InChI is InChI=1S/C25H26N2O4S/c1-16(28)17-6-8-19(9-7-17)26-24(29)15-27-11-10-18-13-21(30-2)22(31-3)14-20(18)25(27)23-5-4-12-32-23/h4-9,12-14,25H,10-11,15H2,1-3H3,(H,26,29)/t25-/m0/s1. The van der Waals surface area contributed by atoms with Crippen LogP contribution in [0.5, 0.6) is 11.5 Å². The van der Waals surface area contributed by atoms with Crippen LogP contribution in [0.4, 0.5) is 5.69 Å². The van der Waals surface area contributed by atoms with Gasteiger partial charge in [0.05, 0.1) is 26.8 Å². The van der Waals surface area contributed by atoms with Crippen molar-refractivity contribution < 1.29 is 19.1 Å². The SMILES string of the molecule is COc1cc2c(cc1OC)[C@@H](c1cccs1)N(CC(=O)Nc1ccc(C(C)=O)cc1)CC2. The fraction of sp³-hybridized carbons (Fsp3) is 0.280. The van der Waals surface area contributed by atoms with Gasteiger partial charge in [0.15, 0.2) is 17.3 Å². The zero-order valence-electron chi connectivity index (χ0n) is 18.4. The summed E-state index contributed by atoms with van der Waals surface area (Å²) in [5.74, 6) is 1.31. The third-order valence-corrected chi connectivity index (χ3v) is 6.63. The van der Waals surface area contributed by atoms with Crippen LogP contribution >= 0.6 is 11.3 Å². The Morgan fingerprint density at radius 3 is 2.44 bits per heavy atom. The fourth-order valence-electron chi connectivity index (χ4n) is 4.12. The van der Waals surface area contributed by atoms with E-state index in [0.717, 1.165) is 24.3 Å². The van der Waals surface area contributed by atoms with Gasteiger partial charge in [0.2, 0.25) is 5.91 Å². The molecule has 32 heavy (non-hydrogen) atoms. The number of methoxy groups -OCH3 is 2. The number of rotatable bonds is 7. The molecule has 0 spiro atoms.